The second kappa shape index (κ2) is 7.18. The van der Waals surface area contributed by atoms with Gasteiger partial charge in [0.25, 0.3) is 0 Å². The third kappa shape index (κ3) is 4.26. The predicted octanol–water partition coefficient (Wildman–Crippen LogP) is 2.70. The molecule has 0 aliphatic carbocycles. The summed E-state index contributed by atoms with van der Waals surface area (Å²) in [5.41, 5.74) is 9.43. The van der Waals surface area contributed by atoms with Gasteiger partial charge in [-0.15, -0.1) is 0 Å². The molecule has 21 heavy (non-hydrogen) atoms. The zero-order valence-electron chi connectivity index (χ0n) is 13.1. The summed E-state index contributed by atoms with van der Waals surface area (Å²) < 4.78 is 0. The van der Waals surface area contributed by atoms with Gasteiger partial charge in [-0.1, -0.05) is 19.1 Å². The second-order valence-electron chi connectivity index (χ2n) is 5.53. The summed E-state index contributed by atoms with van der Waals surface area (Å²) in [5, 5.41) is 0. The van der Waals surface area contributed by atoms with Gasteiger partial charge in [-0.3, -0.25) is 4.98 Å². The van der Waals surface area contributed by atoms with Crippen LogP contribution in [0, 0.1) is 6.92 Å². The monoisotopic (exact) mass is 284 g/mol. The van der Waals surface area contributed by atoms with Crippen LogP contribution in [0.15, 0.2) is 36.7 Å². The first kappa shape index (κ1) is 15.4. The molecule has 2 aromatic rings. The molecule has 1 unspecified atom stereocenters. The fourth-order valence-electron chi connectivity index (χ4n) is 2.39. The van der Waals surface area contributed by atoms with E-state index in [4.69, 9.17) is 5.73 Å². The Bertz CT molecular complexity index is 568. The molecule has 0 saturated heterocycles. The van der Waals surface area contributed by atoms with Crippen LogP contribution in [0.2, 0.25) is 0 Å². The number of rotatable bonds is 6. The second-order valence-corrected chi connectivity index (χ2v) is 5.53. The number of pyridine rings is 2. The molecule has 0 aliphatic rings. The smallest absolute Gasteiger partial charge is 0.131 e. The van der Waals surface area contributed by atoms with Crippen LogP contribution in [0.4, 0.5) is 5.82 Å². The minimum atomic E-state index is 0.211. The Labute approximate surface area is 127 Å². The summed E-state index contributed by atoms with van der Waals surface area (Å²) in [6.45, 7) is 4.96. The van der Waals surface area contributed by atoms with E-state index in [1.54, 1.807) is 0 Å². The average molecular weight is 284 g/mol. The maximum absolute atomic E-state index is 6.01. The van der Waals surface area contributed by atoms with Gasteiger partial charge in [0, 0.05) is 25.5 Å². The zero-order valence-corrected chi connectivity index (χ0v) is 13.1. The largest absolute Gasteiger partial charge is 0.354 e. The van der Waals surface area contributed by atoms with Gasteiger partial charge < -0.3 is 10.6 Å². The third-order valence-electron chi connectivity index (χ3n) is 3.62. The number of aromatic nitrogens is 2. The van der Waals surface area contributed by atoms with Gasteiger partial charge in [-0.2, -0.15) is 0 Å². The number of nitrogens with zero attached hydrogens (tertiary/aromatic N) is 3. The van der Waals surface area contributed by atoms with Crippen LogP contribution < -0.4 is 10.6 Å². The molecule has 0 aliphatic heterocycles. The Balaban J connectivity index is 2.09. The molecule has 4 nitrogen and oxygen atoms in total. The minimum Gasteiger partial charge on any atom is -0.354 e. The van der Waals surface area contributed by atoms with Crippen molar-refractivity contribution in [2.45, 2.75) is 39.3 Å². The molecule has 0 bridgehead atoms. The SMILES string of the molecule is CCC(N)Cc1cnc(N(C)Cc2ccccn2)c(C)c1. The van der Waals surface area contributed by atoms with E-state index in [0.29, 0.717) is 0 Å². The van der Waals surface area contributed by atoms with E-state index in [1.165, 1.54) is 11.1 Å². The van der Waals surface area contributed by atoms with Crippen molar-refractivity contribution in [2.75, 3.05) is 11.9 Å². The molecule has 2 rings (SSSR count). The molecular weight excluding hydrogens is 260 g/mol. The van der Waals surface area contributed by atoms with E-state index in [2.05, 4.69) is 34.8 Å². The molecule has 2 aromatic heterocycles. The number of hydrogen-bond acceptors (Lipinski definition) is 4. The minimum absolute atomic E-state index is 0.211. The van der Waals surface area contributed by atoms with Crippen LogP contribution in [-0.2, 0) is 13.0 Å². The number of aryl methyl sites for hydroxylation is 1. The summed E-state index contributed by atoms with van der Waals surface area (Å²) in [5.74, 6) is 0.995. The lowest BCUT2D eigenvalue weighted by molar-refractivity contribution is 0.644. The fraction of sp³-hybridized carbons (Fsp3) is 0.412. The Kier molecular flexibility index (Phi) is 5.28. The predicted molar refractivity (Wildman–Crippen MR) is 87.3 cm³/mol. The molecule has 4 heteroatoms. The van der Waals surface area contributed by atoms with Crippen molar-refractivity contribution in [1.82, 2.24) is 9.97 Å². The van der Waals surface area contributed by atoms with Crippen molar-refractivity contribution >= 4 is 5.82 Å². The number of anilines is 1. The molecule has 0 saturated carbocycles. The molecule has 112 valence electrons. The van der Waals surface area contributed by atoms with E-state index in [9.17, 15) is 0 Å². The number of hydrogen-bond donors (Lipinski definition) is 1. The van der Waals surface area contributed by atoms with Gasteiger partial charge in [0.1, 0.15) is 5.82 Å². The first-order valence-corrected chi connectivity index (χ1v) is 7.42. The molecule has 2 heterocycles. The Morgan fingerprint density at radius 1 is 1.29 bits per heavy atom. The molecule has 0 spiro atoms. The van der Waals surface area contributed by atoms with E-state index < -0.39 is 0 Å². The van der Waals surface area contributed by atoms with Gasteiger partial charge in [-0.05, 0) is 43.0 Å². The van der Waals surface area contributed by atoms with E-state index in [1.807, 2.05) is 37.6 Å². The van der Waals surface area contributed by atoms with E-state index in [0.717, 1.165) is 30.9 Å². The van der Waals surface area contributed by atoms with Crippen LogP contribution in [0.1, 0.15) is 30.2 Å². The first-order chi connectivity index (χ1) is 10.1. The van der Waals surface area contributed by atoms with Gasteiger partial charge in [0.15, 0.2) is 0 Å². The molecule has 2 N–H and O–H groups in total. The third-order valence-corrected chi connectivity index (χ3v) is 3.62. The highest BCUT2D eigenvalue weighted by molar-refractivity contribution is 5.47. The summed E-state index contributed by atoms with van der Waals surface area (Å²) in [6, 6.07) is 8.36. The molecular formula is C17H24N4. The lowest BCUT2D eigenvalue weighted by Crippen LogP contribution is -2.22. The molecule has 1 atom stereocenters. The Morgan fingerprint density at radius 3 is 2.71 bits per heavy atom. The Morgan fingerprint density at radius 2 is 2.10 bits per heavy atom. The van der Waals surface area contributed by atoms with Crippen LogP contribution in [-0.4, -0.2) is 23.1 Å². The lowest BCUT2D eigenvalue weighted by Gasteiger charge is -2.20. The normalized spacial score (nSPS) is 12.2. The van der Waals surface area contributed by atoms with Crippen LogP contribution in [0.25, 0.3) is 0 Å². The molecule has 0 radical (unpaired) electrons. The maximum Gasteiger partial charge on any atom is 0.131 e. The standard InChI is InChI=1S/C17H24N4/c1-4-15(18)10-14-9-13(2)17(20-11-14)21(3)12-16-7-5-6-8-19-16/h5-9,11,15H,4,10,12,18H2,1-3H3. The summed E-state index contributed by atoms with van der Waals surface area (Å²) >= 11 is 0. The van der Waals surface area contributed by atoms with Crippen LogP contribution in [0.5, 0.6) is 0 Å². The van der Waals surface area contributed by atoms with Gasteiger partial charge in [0.05, 0.1) is 12.2 Å². The average Bonchev–Trinajstić information content (AvgIpc) is 2.48. The quantitative estimate of drug-likeness (QED) is 0.886. The molecule has 0 amide bonds. The highest BCUT2D eigenvalue weighted by Gasteiger charge is 2.09. The highest BCUT2D eigenvalue weighted by Crippen LogP contribution is 2.19. The molecule has 0 fully saturated rings. The van der Waals surface area contributed by atoms with Crippen molar-refractivity contribution < 1.29 is 0 Å². The molecule has 0 aromatic carbocycles. The van der Waals surface area contributed by atoms with Gasteiger partial charge in [0.2, 0.25) is 0 Å². The fourth-order valence-corrected chi connectivity index (χ4v) is 2.39. The van der Waals surface area contributed by atoms with Crippen LogP contribution in [0.3, 0.4) is 0 Å². The number of nitrogens with two attached hydrogens (primary N) is 1. The van der Waals surface area contributed by atoms with Gasteiger partial charge >= 0.3 is 0 Å². The summed E-state index contributed by atoms with van der Waals surface area (Å²) in [4.78, 5) is 11.1. The maximum atomic E-state index is 6.01. The van der Waals surface area contributed by atoms with Gasteiger partial charge in [-0.25, -0.2) is 4.98 Å². The van der Waals surface area contributed by atoms with E-state index >= 15 is 0 Å². The zero-order chi connectivity index (χ0) is 15.2. The van der Waals surface area contributed by atoms with Crippen molar-refractivity contribution in [1.29, 1.82) is 0 Å². The van der Waals surface area contributed by atoms with Crippen molar-refractivity contribution in [2.24, 2.45) is 5.73 Å². The van der Waals surface area contributed by atoms with Crippen LogP contribution >= 0.6 is 0 Å². The Hall–Kier alpha value is -1.94. The lowest BCUT2D eigenvalue weighted by atomic mass is 10.0. The summed E-state index contributed by atoms with van der Waals surface area (Å²) in [7, 11) is 2.04. The van der Waals surface area contributed by atoms with Crippen molar-refractivity contribution in [3.63, 3.8) is 0 Å². The van der Waals surface area contributed by atoms with Crippen molar-refractivity contribution in [3.8, 4) is 0 Å². The van der Waals surface area contributed by atoms with E-state index in [-0.39, 0.29) is 6.04 Å². The van der Waals surface area contributed by atoms with Crippen molar-refractivity contribution in [3.05, 3.63) is 53.5 Å². The summed E-state index contributed by atoms with van der Waals surface area (Å²) in [6.07, 6.45) is 5.63. The topological polar surface area (TPSA) is 55.0 Å². The highest BCUT2D eigenvalue weighted by atomic mass is 15.2. The first-order valence-electron chi connectivity index (χ1n) is 7.42.